The molecule has 2 aromatic carbocycles. The van der Waals surface area contributed by atoms with Gasteiger partial charge in [0.25, 0.3) is 10.0 Å². The second-order valence-electron chi connectivity index (χ2n) is 5.18. The Balaban J connectivity index is 2.46. The van der Waals surface area contributed by atoms with E-state index >= 15 is 0 Å². The third-order valence-corrected chi connectivity index (χ3v) is 5.46. The second-order valence-corrected chi connectivity index (χ2v) is 7.72. The zero-order valence-corrected chi connectivity index (χ0v) is 17.0. The lowest BCUT2D eigenvalue weighted by atomic mass is 10.1. The third kappa shape index (κ3) is 4.77. The SMILES string of the molecule is COC(=O)c1cc(NS(=O)(=O)c2ccc(OC)c(Br)c2)cc(C(=O)OC)c1. The number of carbonyl (C=O) groups excluding carboxylic acids is 2. The van der Waals surface area contributed by atoms with Crippen molar-refractivity contribution < 1.29 is 32.2 Å². The largest absolute Gasteiger partial charge is 0.496 e. The lowest BCUT2D eigenvalue weighted by molar-refractivity contribution is 0.0599. The van der Waals surface area contributed by atoms with Gasteiger partial charge in [-0.1, -0.05) is 0 Å². The first-order chi connectivity index (χ1) is 12.7. The molecule has 0 amide bonds. The van der Waals surface area contributed by atoms with Crippen LogP contribution in [0.5, 0.6) is 5.75 Å². The molecule has 0 aliphatic carbocycles. The Morgan fingerprint density at radius 1 is 0.926 bits per heavy atom. The number of carbonyl (C=O) groups is 2. The summed E-state index contributed by atoms with van der Waals surface area (Å²) in [6, 6.07) is 7.98. The summed E-state index contributed by atoms with van der Waals surface area (Å²) >= 11 is 3.23. The van der Waals surface area contributed by atoms with Gasteiger partial charge < -0.3 is 14.2 Å². The minimum atomic E-state index is -4.00. The molecule has 0 saturated heterocycles. The maximum absolute atomic E-state index is 12.6. The molecule has 1 N–H and O–H groups in total. The van der Waals surface area contributed by atoms with Gasteiger partial charge in [0.1, 0.15) is 5.75 Å². The molecule has 2 rings (SSSR count). The number of hydrogen-bond acceptors (Lipinski definition) is 7. The average molecular weight is 458 g/mol. The Kier molecular flexibility index (Phi) is 6.45. The molecule has 0 radical (unpaired) electrons. The minimum absolute atomic E-state index is 0.00485. The van der Waals surface area contributed by atoms with Crippen LogP contribution in [-0.4, -0.2) is 41.7 Å². The van der Waals surface area contributed by atoms with Gasteiger partial charge in [-0.05, 0) is 52.3 Å². The minimum Gasteiger partial charge on any atom is -0.496 e. The molecule has 10 heteroatoms. The molecule has 0 spiro atoms. The van der Waals surface area contributed by atoms with Crippen molar-refractivity contribution in [1.82, 2.24) is 0 Å². The van der Waals surface area contributed by atoms with Crippen molar-refractivity contribution in [1.29, 1.82) is 0 Å². The Morgan fingerprint density at radius 3 is 1.93 bits per heavy atom. The fraction of sp³-hybridized carbons (Fsp3) is 0.176. The summed E-state index contributed by atoms with van der Waals surface area (Å²) in [5.74, 6) is -0.989. The van der Waals surface area contributed by atoms with Crippen LogP contribution >= 0.6 is 15.9 Å². The van der Waals surface area contributed by atoms with Crippen LogP contribution in [0.4, 0.5) is 5.69 Å². The van der Waals surface area contributed by atoms with Gasteiger partial charge in [0.15, 0.2) is 0 Å². The van der Waals surface area contributed by atoms with E-state index in [1.165, 1.54) is 57.7 Å². The summed E-state index contributed by atoms with van der Waals surface area (Å²) in [4.78, 5) is 23.6. The molecule has 144 valence electrons. The van der Waals surface area contributed by atoms with E-state index in [9.17, 15) is 18.0 Å². The van der Waals surface area contributed by atoms with Crippen LogP contribution in [0.25, 0.3) is 0 Å². The number of rotatable bonds is 6. The van der Waals surface area contributed by atoms with E-state index in [1.54, 1.807) is 0 Å². The van der Waals surface area contributed by atoms with Crippen LogP contribution in [0.3, 0.4) is 0 Å². The van der Waals surface area contributed by atoms with E-state index in [0.29, 0.717) is 10.2 Å². The molecule has 27 heavy (non-hydrogen) atoms. The number of anilines is 1. The molecular weight excluding hydrogens is 442 g/mol. The summed E-state index contributed by atoms with van der Waals surface area (Å²) in [6.07, 6.45) is 0. The van der Waals surface area contributed by atoms with Gasteiger partial charge in [0.2, 0.25) is 0 Å². The molecule has 2 aromatic rings. The zero-order valence-electron chi connectivity index (χ0n) is 14.6. The van der Waals surface area contributed by atoms with Crippen molar-refractivity contribution in [3.63, 3.8) is 0 Å². The molecular formula is C17H16BrNO7S. The Hall–Kier alpha value is -2.59. The van der Waals surface area contributed by atoms with Gasteiger partial charge in [-0.3, -0.25) is 4.72 Å². The Bertz CT molecular complexity index is 955. The molecule has 0 saturated carbocycles. The number of benzene rings is 2. The van der Waals surface area contributed by atoms with Crippen LogP contribution in [0.15, 0.2) is 45.8 Å². The predicted octanol–water partition coefficient (Wildman–Crippen LogP) is 2.83. The monoisotopic (exact) mass is 457 g/mol. The average Bonchev–Trinajstić information content (AvgIpc) is 2.65. The first-order valence-corrected chi connectivity index (χ1v) is 9.67. The third-order valence-electron chi connectivity index (χ3n) is 3.46. The number of ether oxygens (including phenoxy) is 3. The topological polar surface area (TPSA) is 108 Å². The molecule has 8 nitrogen and oxygen atoms in total. The van der Waals surface area contributed by atoms with Gasteiger partial charge in [-0.25, -0.2) is 18.0 Å². The van der Waals surface area contributed by atoms with Crippen molar-refractivity contribution in [3.8, 4) is 5.75 Å². The van der Waals surface area contributed by atoms with Crippen LogP contribution in [0.1, 0.15) is 20.7 Å². The summed E-state index contributed by atoms with van der Waals surface area (Å²) < 4.78 is 42.4. The van der Waals surface area contributed by atoms with Crippen LogP contribution in [0, 0.1) is 0 Å². The highest BCUT2D eigenvalue weighted by atomic mass is 79.9. The van der Waals surface area contributed by atoms with E-state index < -0.39 is 22.0 Å². The van der Waals surface area contributed by atoms with E-state index in [1.807, 2.05) is 0 Å². The summed E-state index contributed by atoms with van der Waals surface area (Å²) in [6.45, 7) is 0. The molecule has 0 heterocycles. The fourth-order valence-electron chi connectivity index (χ4n) is 2.19. The van der Waals surface area contributed by atoms with E-state index in [4.69, 9.17) is 4.74 Å². The standard InChI is InChI=1S/C17H16BrNO7S/c1-24-15-5-4-13(9-14(15)18)27(22,23)19-12-7-10(16(20)25-2)6-11(8-12)17(21)26-3/h4-9,19H,1-3H3. The Labute approximate surface area is 164 Å². The van der Waals surface area contributed by atoms with Crippen molar-refractivity contribution in [3.05, 3.63) is 52.0 Å². The van der Waals surface area contributed by atoms with Crippen molar-refractivity contribution in [2.75, 3.05) is 26.1 Å². The number of esters is 2. The molecule has 0 aromatic heterocycles. The van der Waals surface area contributed by atoms with Crippen LogP contribution in [0.2, 0.25) is 0 Å². The number of nitrogens with one attached hydrogen (secondary N) is 1. The summed E-state index contributed by atoms with van der Waals surface area (Å²) in [5, 5.41) is 0. The normalized spacial score (nSPS) is 10.8. The highest BCUT2D eigenvalue weighted by Crippen LogP contribution is 2.28. The number of hydrogen-bond donors (Lipinski definition) is 1. The quantitative estimate of drug-likeness (QED) is 0.664. The highest BCUT2D eigenvalue weighted by molar-refractivity contribution is 9.10. The fourth-order valence-corrected chi connectivity index (χ4v) is 3.94. The van der Waals surface area contributed by atoms with E-state index in [-0.39, 0.29) is 21.7 Å². The van der Waals surface area contributed by atoms with Crippen molar-refractivity contribution in [2.45, 2.75) is 4.90 Å². The summed E-state index contributed by atoms with van der Waals surface area (Å²) in [7, 11) is -0.196. The van der Waals surface area contributed by atoms with Gasteiger partial charge >= 0.3 is 11.9 Å². The van der Waals surface area contributed by atoms with Crippen molar-refractivity contribution in [2.24, 2.45) is 0 Å². The van der Waals surface area contributed by atoms with Gasteiger partial charge in [-0.2, -0.15) is 0 Å². The maximum atomic E-state index is 12.6. The first-order valence-electron chi connectivity index (χ1n) is 7.40. The summed E-state index contributed by atoms with van der Waals surface area (Å²) in [5.41, 5.74) is -0.00624. The first kappa shape index (κ1) is 20.7. The second kappa shape index (κ2) is 8.40. The number of methoxy groups -OCH3 is 3. The molecule has 0 bridgehead atoms. The van der Waals surface area contributed by atoms with Crippen molar-refractivity contribution >= 4 is 43.6 Å². The van der Waals surface area contributed by atoms with Crippen LogP contribution in [-0.2, 0) is 19.5 Å². The van der Waals surface area contributed by atoms with Gasteiger partial charge in [-0.15, -0.1) is 0 Å². The zero-order chi connectivity index (χ0) is 20.2. The Morgan fingerprint density at radius 2 is 1.48 bits per heavy atom. The van der Waals surface area contributed by atoms with Gasteiger partial charge in [0, 0.05) is 0 Å². The van der Waals surface area contributed by atoms with E-state index in [2.05, 4.69) is 30.1 Å². The molecule has 0 aliphatic rings. The lowest BCUT2D eigenvalue weighted by Gasteiger charge is -2.12. The maximum Gasteiger partial charge on any atom is 0.337 e. The molecule has 0 unspecified atom stereocenters. The molecule has 0 atom stereocenters. The highest BCUT2D eigenvalue weighted by Gasteiger charge is 2.19. The van der Waals surface area contributed by atoms with Crippen LogP contribution < -0.4 is 9.46 Å². The lowest BCUT2D eigenvalue weighted by Crippen LogP contribution is -2.15. The molecule has 0 aliphatic heterocycles. The smallest absolute Gasteiger partial charge is 0.337 e. The van der Waals surface area contributed by atoms with Gasteiger partial charge in [0.05, 0.1) is 47.5 Å². The number of sulfonamides is 1. The molecule has 0 fully saturated rings. The predicted molar refractivity (Wildman–Crippen MR) is 101 cm³/mol. The van der Waals surface area contributed by atoms with E-state index in [0.717, 1.165) is 0 Å². The number of halogens is 1.